The van der Waals surface area contributed by atoms with Gasteiger partial charge >= 0.3 is 0 Å². The third kappa shape index (κ3) is 4.59. The molecule has 2 unspecified atom stereocenters. The molecule has 3 aromatic heterocycles. The molecule has 0 aliphatic carbocycles. The minimum absolute atomic E-state index is 0.0500. The molecule has 5 rings (SSSR count). The van der Waals surface area contributed by atoms with E-state index in [0.29, 0.717) is 6.54 Å². The number of rotatable bonds is 7. The van der Waals surface area contributed by atoms with Crippen molar-refractivity contribution in [3.05, 3.63) is 83.9 Å². The third-order valence-corrected chi connectivity index (χ3v) is 6.24. The number of pyridine rings is 2. The fraction of sp³-hybridized carbons (Fsp3) is 0.269. The standard InChI is InChI=1S/C26H27N5O2/c1-17-16-31-25-23(17)22(10-15-29-25)33-20-4-2-19(3-5-20)21-9-14-28-24(21)26(32)30-13-8-18-6-11-27-12-7-18/h2-7,10-12,15-16,21,24,28H,8-9,13-14H2,1H3,(H,29,31)(H,30,32). The Morgan fingerprint density at radius 2 is 1.94 bits per heavy atom. The van der Waals surface area contributed by atoms with Crippen molar-refractivity contribution in [3.63, 3.8) is 0 Å². The molecule has 0 bridgehead atoms. The second kappa shape index (κ2) is 9.42. The Morgan fingerprint density at radius 1 is 1.12 bits per heavy atom. The van der Waals surface area contributed by atoms with Gasteiger partial charge in [0.25, 0.3) is 0 Å². The highest BCUT2D eigenvalue weighted by atomic mass is 16.5. The first-order valence-electron chi connectivity index (χ1n) is 11.3. The Balaban J connectivity index is 1.23. The molecule has 33 heavy (non-hydrogen) atoms. The van der Waals surface area contributed by atoms with E-state index in [2.05, 4.69) is 37.7 Å². The van der Waals surface area contributed by atoms with Gasteiger partial charge in [0.05, 0.1) is 11.4 Å². The van der Waals surface area contributed by atoms with Crippen LogP contribution in [-0.2, 0) is 11.2 Å². The monoisotopic (exact) mass is 441 g/mol. The van der Waals surface area contributed by atoms with Crippen LogP contribution in [0.1, 0.15) is 29.0 Å². The molecule has 3 N–H and O–H groups in total. The summed E-state index contributed by atoms with van der Waals surface area (Å²) in [5.74, 6) is 1.73. The summed E-state index contributed by atoms with van der Waals surface area (Å²) >= 11 is 0. The lowest BCUT2D eigenvalue weighted by atomic mass is 9.91. The van der Waals surface area contributed by atoms with Gasteiger partial charge < -0.3 is 20.4 Å². The molecular weight excluding hydrogens is 414 g/mol. The molecule has 0 saturated carbocycles. The van der Waals surface area contributed by atoms with Crippen LogP contribution in [0.3, 0.4) is 0 Å². The molecule has 4 heterocycles. The van der Waals surface area contributed by atoms with Crippen molar-refractivity contribution in [1.82, 2.24) is 25.6 Å². The smallest absolute Gasteiger partial charge is 0.237 e. The molecule has 7 nitrogen and oxygen atoms in total. The van der Waals surface area contributed by atoms with Crippen LogP contribution in [0.2, 0.25) is 0 Å². The third-order valence-electron chi connectivity index (χ3n) is 6.24. The average Bonchev–Trinajstić information content (AvgIpc) is 3.48. The van der Waals surface area contributed by atoms with Gasteiger partial charge in [-0.25, -0.2) is 4.98 Å². The molecule has 2 atom stereocenters. The zero-order valence-corrected chi connectivity index (χ0v) is 18.5. The number of carbonyl (C=O) groups excluding carboxylic acids is 1. The number of aromatic nitrogens is 3. The lowest BCUT2D eigenvalue weighted by molar-refractivity contribution is -0.123. The van der Waals surface area contributed by atoms with E-state index in [-0.39, 0.29) is 17.9 Å². The summed E-state index contributed by atoms with van der Waals surface area (Å²) in [6, 6.07) is 13.7. The maximum absolute atomic E-state index is 12.8. The van der Waals surface area contributed by atoms with Crippen LogP contribution in [0.15, 0.2) is 67.3 Å². The molecule has 7 heteroatoms. The molecule has 1 saturated heterocycles. The Bertz CT molecular complexity index is 1240. The number of nitrogens with one attached hydrogen (secondary N) is 3. The first kappa shape index (κ1) is 21.2. The van der Waals surface area contributed by atoms with Crippen molar-refractivity contribution >= 4 is 16.9 Å². The number of nitrogens with zero attached hydrogens (tertiary/aromatic N) is 2. The summed E-state index contributed by atoms with van der Waals surface area (Å²) in [6.07, 6.45) is 8.94. The number of aryl methyl sites for hydroxylation is 1. The molecule has 168 valence electrons. The van der Waals surface area contributed by atoms with E-state index in [9.17, 15) is 4.79 Å². The van der Waals surface area contributed by atoms with Crippen LogP contribution >= 0.6 is 0 Å². The summed E-state index contributed by atoms with van der Waals surface area (Å²) in [5, 5.41) is 7.44. The predicted molar refractivity (Wildman–Crippen MR) is 127 cm³/mol. The van der Waals surface area contributed by atoms with Crippen LogP contribution in [0.25, 0.3) is 11.0 Å². The summed E-state index contributed by atoms with van der Waals surface area (Å²) in [7, 11) is 0. The van der Waals surface area contributed by atoms with Crippen molar-refractivity contribution < 1.29 is 9.53 Å². The largest absolute Gasteiger partial charge is 0.457 e. The van der Waals surface area contributed by atoms with Gasteiger partial charge in [-0.2, -0.15) is 0 Å². The van der Waals surface area contributed by atoms with Crippen LogP contribution in [-0.4, -0.2) is 40.0 Å². The highest BCUT2D eigenvalue weighted by Gasteiger charge is 2.33. The van der Waals surface area contributed by atoms with Crippen LogP contribution in [0.5, 0.6) is 11.5 Å². The minimum Gasteiger partial charge on any atom is -0.457 e. The van der Waals surface area contributed by atoms with E-state index in [4.69, 9.17) is 4.74 Å². The van der Waals surface area contributed by atoms with Crippen molar-refractivity contribution in [1.29, 1.82) is 0 Å². The van der Waals surface area contributed by atoms with Gasteiger partial charge in [-0.05, 0) is 73.3 Å². The zero-order chi connectivity index (χ0) is 22.6. The summed E-state index contributed by atoms with van der Waals surface area (Å²) < 4.78 is 6.16. The number of aromatic amines is 1. The number of H-pyrrole nitrogens is 1. The number of hydrogen-bond donors (Lipinski definition) is 3. The van der Waals surface area contributed by atoms with Gasteiger partial charge in [-0.3, -0.25) is 9.78 Å². The average molecular weight is 442 g/mol. The van der Waals surface area contributed by atoms with Gasteiger partial charge in [0.15, 0.2) is 0 Å². The SMILES string of the molecule is Cc1c[nH]c2nccc(Oc3ccc(C4CCNC4C(=O)NCCc4ccncc4)cc3)c12. The number of ether oxygens (including phenoxy) is 1. The van der Waals surface area contributed by atoms with Gasteiger partial charge in [0.2, 0.25) is 5.91 Å². The summed E-state index contributed by atoms with van der Waals surface area (Å²) in [4.78, 5) is 24.4. The van der Waals surface area contributed by atoms with E-state index in [0.717, 1.165) is 58.6 Å². The van der Waals surface area contributed by atoms with Gasteiger partial charge in [0, 0.05) is 37.3 Å². The van der Waals surface area contributed by atoms with Crippen molar-refractivity contribution in [3.8, 4) is 11.5 Å². The first-order chi connectivity index (χ1) is 16.2. The highest BCUT2D eigenvalue weighted by molar-refractivity contribution is 5.86. The molecule has 1 aliphatic heterocycles. The molecule has 0 radical (unpaired) electrons. The van der Waals surface area contributed by atoms with E-state index >= 15 is 0 Å². The lowest BCUT2D eigenvalue weighted by Crippen LogP contribution is -2.43. The minimum atomic E-state index is -0.225. The Morgan fingerprint density at radius 3 is 2.76 bits per heavy atom. The van der Waals surface area contributed by atoms with E-state index in [1.807, 2.05) is 43.5 Å². The fourth-order valence-electron chi connectivity index (χ4n) is 4.51. The molecule has 1 aromatic carbocycles. The molecule has 4 aromatic rings. The highest BCUT2D eigenvalue weighted by Crippen LogP contribution is 2.33. The number of fused-ring (bicyclic) bond motifs is 1. The van der Waals surface area contributed by atoms with Crippen LogP contribution < -0.4 is 15.4 Å². The summed E-state index contributed by atoms with van der Waals surface area (Å²) in [5.41, 5.74) is 4.22. The van der Waals surface area contributed by atoms with Crippen molar-refractivity contribution in [2.45, 2.75) is 31.7 Å². The topological polar surface area (TPSA) is 91.9 Å². The molecule has 0 spiro atoms. The first-order valence-corrected chi connectivity index (χ1v) is 11.3. The summed E-state index contributed by atoms with van der Waals surface area (Å²) in [6.45, 7) is 3.47. The lowest BCUT2D eigenvalue weighted by Gasteiger charge is -2.20. The van der Waals surface area contributed by atoms with Gasteiger partial charge in [0.1, 0.15) is 17.1 Å². The second-order valence-electron chi connectivity index (χ2n) is 8.40. The zero-order valence-electron chi connectivity index (χ0n) is 18.5. The van der Waals surface area contributed by atoms with Gasteiger partial charge in [-0.1, -0.05) is 12.1 Å². The maximum atomic E-state index is 12.8. The molecular formula is C26H27N5O2. The van der Waals surface area contributed by atoms with Crippen LogP contribution in [0, 0.1) is 6.92 Å². The van der Waals surface area contributed by atoms with E-state index in [1.54, 1.807) is 18.6 Å². The van der Waals surface area contributed by atoms with E-state index in [1.165, 1.54) is 0 Å². The fourth-order valence-corrected chi connectivity index (χ4v) is 4.51. The molecule has 1 amide bonds. The quantitative estimate of drug-likeness (QED) is 0.405. The predicted octanol–water partition coefficient (Wildman–Crippen LogP) is 3.86. The Kier molecular flexibility index (Phi) is 6.04. The molecule has 1 fully saturated rings. The number of hydrogen-bond acceptors (Lipinski definition) is 5. The number of carbonyl (C=O) groups is 1. The number of amides is 1. The van der Waals surface area contributed by atoms with Crippen molar-refractivity contribution in [2.24, 2.45) is 0 Å². The Hall–Kier alpha value is -3.71. The van der Waals surface area contributed by atoms with Gasteiger partial charge in [-0.15, -0.1) is 0 Å². The van der Waals surface area contributed by atoms with Crippen LogP contribution in [0.4, 0.5) is 0 Å². The second-order valence-corrected chi connectivity index (χ2v) is 8.40. The normalized spacial score (nSPS) is 17.8. The van der Waals surface area contributed by atoms with Crippen molar-refractivity contribution in [2.75, 3.05) is 13.1 Å². The maximum Gasteiger partial charge on any atom is 0.237 e. The molecule has 1 aliphatic rings. The number of benzene rings is 1. The van der Waals surface area contributed by atoms with E-state index < -0.39 is 0 Å². The Labute approximate surface area is 192 Å².